The number of nitrogens with zero attached hydrogens (tertiary/aromatic N) is 1. The second-order valence-electron chi connectivity index (χ2n) is 8.88. The van der Waals surface area contributed by atoms with Crippen molar-refractivity contribution in [2.24, 2.45) is 0 Å². The van der Waals surface area contributed by atoms with Crippen molar-refractivity contribution in [3.05, 3.63) is 119 Å². The molecule has 2 aliphatic heterocycles. The summed E-state index contributed by atoms with van der Waals surface area (Å²) in [6.45, 7) is 1.82. The number of nitrogens with one attached hydrogen (secondary N) is 1. The van der Waals surface area contributed by atoms with E-state index in [1.54, 1.807) is 0 Å². The number of fused-ring (bicyclic) bond motifs is 1. The maximum absolute atomic E-state index is 13.5. The average Bonchev–Trinajstić information content (AvgIpc) is 2.91. The molecule has 6 nitrogen and oxygen atoms in total. The molecule has 0 bridgehead atoms. The van der Waals surface area contributed by atoms with E-state index >= 15 is 0 Å². The number of carbonyl (C=O) groups excluding carboxylic acids is 3. The number of β-lactam (4-membered cyclic amide) rings is 1. The number of esters is 1. The van der Waals surface area contributed by atoms with E-state index in [0.717, 1.165) is 22.3 Å². The van der Waals surface area contributed by atoms with E-state index in [4.69, 9.17) is 4.74 Å². The van der Waals surface area contributed by atoms with Crippen LogP contribution in [0.3, 0.4) is 0 Å². The number of amides is 2. The third-order valence-electron chi connectivity index (χ3n) is 6.37. The number of rotatable bonds is 7. The Hall–Kier alpha value is -3.84. The van der Waals surface area contributed by atoms with Crippen LogP contribution in [0, 0.1) is 0 Å². The van der Waals surface area contributed by atoms with Crippen molar-refractivity contribution in [2.75, 3.05) is 0 Å². The lowest BCUT2D eigenvalue weighted by molar-refractivity contribution is -0.165. The third kappa shape index (κ3) is 4.79. The van der Waals surface area contributed by atoms with Gasteiger partial charge in [0.05, 0.1) is 6.42 Å². The first-order valence-electron chi connectivity index (χ1n) is 11.8. The molecule has 1 saturated heterocycles. The SMILES string of the molecule is CC1=CS[C@H]2C(NC(=O)Cc3ccccc3)C(=O)N2C1C(=O)OC(c1ccccc1)c1ccccc1. The predicted molar refractivity (Wildman–Crippen MR) is 139 cm³/mol. The minimum absolute atomic E-state index is 0.193. The van der Waals surface area contributed by atoms with E-state index in [9.17, 15) is 14.4 Å². The Bertz CT molecular complexity index is 1240. The van der Waals surface area contributed by atoms with Gasteiger partial charge in [-0.25, -0.2) is 4.79 Å². The van der Waals surface area contributed by atoms with E-state index in [2.05, 4.69) is 5.32 Å². The molecule has 2 unspecified atom stereocenters. The van der Waals surface area contributed by atoms with Crippen LogP contribution < -0.4 is 5.32 Å². The second-order valence-corrected chi connectivity index (χ2v) is 9.87. The second kappa shape index (κ2) is 10.4. The van der Waals surface area contributed by atoms with Crippen molar-refractivity contribution >= 4 is 29.5 Å². The predicted octanol–water partition coefficient (Wildman–Crippen LogP) is 4.23. The van der Waals surface area contributed by atoms with Crippen LogP contribution in [0.4, 0.5) is 0 Å². The highest BCUT2D eigenvalue weighted by Crippen LogP contribution is 2.41. The molecule has 0 spiro atoms. The molecule has 182 valence electrons. The highest BCUT2D eigenvalue weighted by Gasteiger charge is 2.55. The number of thioether (sulfide) groups is 1. The maximum Gasteiger partial charge on any atom is 0.334 e. The van der Waals surface area contributed by atoms with Gasteiger partial charge in [-0.1, -0.05) is 91.0 Å². The molecule has 1 fully saturated rings. The number of hydrogen-bond acceptors (Lipinski definition) is 5. The van der Waals surface area contributed by atoms with Crippen LogP contribution in [-0.2, 0) is 25.5 Å². The zero-order valence-electron chi connectivity index (χ0n) is 19.7. The van der Waals surface area contributed by atoms with Gasteiger partial charge in [-0.3, -0.25) is 9.59 Å². The Labute approximate surface area is 214 Å². The summed E-state index contributed by atoms with van der Waals surface area (Å²) < 4.78 is 6.06. The minimum Gasteiger partial charge on any atom is -0.451 e. The topological polar surface area (TPSA) is 75.7 Å². The van der Waals surface area contributed by atoms with Gasteiger partial charge in [-0.2, -0.15) is 0 Å². The van der Waals surface area contributed by atoms with Gasteiger partial charge in [0.25, 0.3) is 0 Å². The summed E-state index contributed by atoms with van der Waals surface area (Å²) in [6, 6.07) is 27.0. The molecule has 36 heavy (non-hydrogen) atoms. The van der Waals surface area contributed by atoms with Gasteiger partial charge < -0.3 is 15.0 Å². The summed E-state index contributed by atoms with van der Waals surface area (Å²) in [6.07, 6.45) is -0.406. The highest BCUT2D eigenvalue weighted by molar-refractivity contribution is 8.02. The molecule has 0 aromatic heterocycles. The molecule has 0 radical (unpaired) electrons. The molecule has 2 amide bonds. The number of hydrogen-bond donors (Lipinski definition) is 1. The maximum atomic E-state index is 13.5. The molecule has 0 aliphatic carbocycles. The lowest BCUT2D eigenvalue weighted by atomic mass is 9.97. The Morgan fingerprint density at radius 3 is 2.06 bits per heavy atom. The first-order chi connectivity index (χ1) is 17.5. The van der Waals surface area contributed by atoms with Gasteiger partial charge >= 0.3 is 5.97 Å². The summed E-state index contributed by atoms with van der Waals surface area (Å²) in [4.78, 5) is 40.8. The molecular weight excluding hydrogens is 472 g/mol. The Kier molecular flexibility index (Phi) is 6.91. The molecule has 3 aromatic rings. The molecule has 2 aliphatic rings. The summed E-state index contributed by atoms with van der Waals surface area (Å²) in [5.41, 5.74) is 3.31. The fraction of sp³-hybridized carbons (Fsp3) is 0.207. The first-order valence-corrected chi connectivity index (χ1v) is 12.7. The van der Waals surface area contributed by atoms with Crippen LogP contribution in [-0.4, -0.2) is 40.1 Å². The van der Waals surface area contributed by atoms with Gasteiger partial charge in [0.1, 0.15) is 11.4 Å². The van der Waals surface area contributed by atoms with Crippen molar-refractivity contribution in [1.29, 1.82) is 0 Å². The van der Waals surface area contributed by atoms with Gasteiger partial charge in [0.15, 0.2) is 12.1 Å². The van der Waals surface area contributed by atoms with Crippen LogP contribution in [0.2, 0.25) is 0 Å². The van der Waals surface area contributed by atoms with Crippen LogP contribution >= 0.6 is 11.8 Å². The first kappa shape index (κ1) is 23.9. The van der Waals surface area contributed by atoms with E-state index < -0.39 is 24.2 Å². The van der Waals surface area contributed by atoms with Crippen LogP contribution in [0.15, 0.2) is 102 Å². The van der Waals surface area contributed by atoms with E-state index in [1.165, 1.54) is 16.7 Å². The fourth-order valence-electron chi connectivity index (χ4n) is 4.57. The van der Waals surface area contributed by atoms with Gasteiger partial charge in [0, 0.05) is 0 Å². The summed E-state index contributed by atoms with van der Waals surface area (Å²) in [5.74, 6) is -0.994. The minimum atomic E-state index is -0.832. The fourth-order valence-corrected chi connectivity index (χ4v) is 5.75. The molecule has 5 rings (SSSR count). The van der Waals surface area contributed by atoms with Gasteiger partial charge in [-0.15, -0.1) is 11.8 Å². The quantitative estimate of drug-likeness (QED) is 0.390. The zero-order valence-corrected chi connectivity index (χ0v) is 20.6. The summed E-state index contributed by atoms with van der Waals surface area (Å²) >= 11 is 1.43. The van der Waals surface area contributed by atoms with E-state index in [1.807, 2.05) is 103 Å². The van der Waals surface area contributed by atoms with Crippen molar-refractivity contribution in [3.8, 4) is 0 Å². The van der Waals surface area contributed by atoms with Crippen molar-refractivity contribution < 1.29 is 19.1 Å². The Morgan fingerprint density at radius 2 is 1.47 bits per heavy atom. The Balaban J connectivity index is 1.31. The van der Waals surface area contributed by atoms with Crippen molar-refractivity contribution in [1.82, 2.24) is 10.2 Å². The van der Waals surface area contributed by atoms with Crippen LogP contribution in [0.5, 0.6) is 0 Å². The summed E-state index contributed by atoms with van der Waals surface area (Å²) in [5, 5.41) is 4.38. The molecule has 0 saturated carbocycles. The molecule has 3 atom stereocenters. The van der Waals surface area contributed by atoms with E-state index in [0.29, 0.717) is 0 Å². The molecule has 2 heterocycles. The number of ether oxygens (including phenoxy) is 1. The van der Waals surface area contributed by atoms with Crippen molar-refractivity contribution in [2.45, 2.75) is 36.9 Å². The normalized spacial score (nSPS) is 20.7. The lowest BCUT2D eigenvalue weighted by Crippen LogP contribution is -2.74. The smallest absolute Gasteiger partial charge is 0.334 e. The lowest BCUT2D eigenvalue weighted by Gasteiger charge is -2.51. The summed E-state index contributed by atoms with van der Waals surface area (Å²) in [7, 11) is 0. The highest BCUT2D eigenvalue weighted by atomic mass is 32.2. The average molecular weight is 499 g/mol. The monoisotopic (exact) mass is 498 g/mol. The molecule has 3 aromatic carbocycles. The third-order valence-corrected chi connectivity index (χ3v) is 7.65. The van der Waals surface area contributed by atoms with Gasteiger partial charge in [0.2, 0.25) is 11.8 Å². The number of benzene rings is 3. The molecule has 1 N–H and O–H groups in total. The Morgan fingerprint density at radius 1 is 0.917 bits per heavy atom. The standard InChI is InChI=1S/C29H26N2O4S/c1-19-18-36-28-24(30-23(32)17-20-11-5-2-6-12-20)27(33)31(28)25(19)29(34)35-26(21-13-7-3-8-14-21)22-15-9-4-10-16-22/h2-16,18,24-26,28H,17H2,1H3,(H,30,32)/t24?,25?,28-/m0/s1. The van der Waals surface area contributed by atoms with E-state index in [-0.39, 0.29) is 23.6 Å². The molecular formula is C29H26N2O4S. The zero-order chi connectivity index (χ0) is 25.1. The van der Waals surface area contributed by atoms with Crippen molar-refractivity contribution in [3.63, 3.8) is 0 Å². The van der Waals surface area contributed by atoms with Gasteiger partial charge in [-0.05, 0) is 34.6 Å². The molecule has 7 heteroatoms. The number of carbonyl (C=O) groups is 3. The largest absolute Gasteiger partial charge is 0.451 e. The van der Waals surface area contributed by atoms with Crippen LogP contribution in [0.1, 0.15) is 29.7 Å². The van der Waals surface area contributed by atoms with Crippen LogP contribution in [0.25, 0.3) is 0 Å².